The molecule has 0 bridgehead atoms. The molecular formula is C18H20N4O2. The van der Waals surface area contributed by atoms with E-state index in [9.17, 15) is 4.79 Å². The molecule has 0 aliphatic carbocycles. The molecule has 3 aromatic rings. The van der Waals surface area contributed by atoms with Gasteiger partial charge < -0.3 is 9.64 Å². The van der Waals surface area contributed by atoms with Crippen molar-refractivity contribution in [2.75, 3.05) is 20.2 Å². The fourth-order valence-corrected chi connectivity index (χ4v) is 2.72. The Labute approximate surface area is 140 Å². The zero-order valence-electron chi connectivity index (χ0n) is 14.1. The molecule has 1 aromatic carbocycles. The van der Waals surface area contributed by atoms with Crippen molar-refractivity contribution in [1.29, 1.82) is 0 Å². The quantitative estimate of drug-likeness (QED) is 0.724. The van der Waals surface area contributed by atoms with Crippen LogP contribution in [0.5, 0.6) is 5.75 Å². The van der Waals surface area contributed by atoms with Crippen LogP contribution in [-0.2, 0) is 0 Å². The molecule has 0 aliphatic heterocycles. The molecular weight excluding hydrogens is 304 g/mol. The summed E-state index contributed by atoms with van der Waals surface area (Å²) >= 11 is 0. The average Bonchev–Trinajstić information content (AvgIpc) is 3.06. The number of hydrogen-bond donors (Lipinski definition) is 0. The Kier molecular flexibility index (Phi) is 4.46. The van der Waals surface area contributed by atoms with Gasteiger partial charge in [0.2, 0.25) is 0 Å². The Morgan fingerprint density at radius 1 is 1.25 bits per heavy atom. The molecule has 0 atom stereocenters. The maximum Gasteiger partial charge on any atom is 0.259 e. The van der Waals surface area contributed by atoms with Crippen LogP contribution in [0.15, 0.2) is 42.7 Å². The third-order valence-electron chi connectivity index (χ3n) is 4.05. The Morgan fingerprint density at radius 2 is 2.04 bits per heavy atom. The van der Waals surface area contributed by atoms with Crippen molar-refractivity contribution < 1.29 is 9.53 Å². The van der Waals surface area contributed by atoms with Gasteiger partial charge in [0.25, 0.3) is 5.91 Å². The molecule has 0 unspecified atom stereocenters. The van der Waals surface area contributed by atoms with Crippen LogP contribution in [0, 0.1) is 0 Å². The van der Waals surface area contributed by atoms with Crippen molar-refractivity contribution in [2.45, 2.75) is 13.8 Å². The summed E-state index contributed by atoms with van der Waals surface area (Å²) in [5, 5.41) is 4.39. The summed E-state index contributed by atoms with van der Waals surface area (Å²) in [6.45, 7) is 5.23. The second kappa shape index (κ2) is 6.70. The van der Waals surface area contributed by atoms with Gasteiger partial charge in [-0.1, -0.05) is 12.1 Å². The Balaban J connectivity index is 2.11. The van der Waals surface area contributed by atoms with Crippen LogP contribution in [0.4, 0.5) is 0 Å². The zero-order chi connectivity index (χ0) is 17.1. The molecule has 0 radical (unpaired) electrons. The predicted molar refractivity (Wildman–Crippen MR) is 92.2 cm³/mol. The van der Waals surface area contributed by atoms with E-state index in [0.29, 0.717) is 24.3 Å². The van der Waals surface area contributed by atoms with Crippen molar-refractivity contribution in [3.05, 3.63) is 48.3 Å². The first-order valence-corrected chi connectivity index (χ1v) is 7.96. The van der Waals surface area contributed by atoms with E-state index in [2.05, 4.69) is 10.1 Å². The number of carbonyl (C=O) groups excluding carboxylic acids is 1. The number of hydrogen-bond acceptors (Lipinski definition) is 4. The minimum absolute atomic E-state index is 0.0507. The van der Waals surface area contributed by atoms with Crippen LogP contribution in [0.1, 0.15) is 24.2 Å². The highest BCUT2D eigenvalue weighted by Gasteiger charge is 2.19. The average molecular weight is 324 g/mol. The molecule has 0 fully saturated rings. The summed E-state index contributed by atoms with van der Waals surface area (Å²) in [5.41, 5.74) is 2.89. The van der Waals surface area contributed by atoms with Gasteiger partial charge >= 0.3 is 0 Å². The summed E-state index contributed by atoms with van der Waals surface area (Å²) in [4.78, 5) is 18.8. The fraction of sp³-hybridized carbons (Fsp3) is 0.278. The highest BCUT2D eigenvalue weighted by molar-refractivity contribution is 5.99. The van der Waals surface area contributed by atoms with E-state index in [-0.39, 0.29) is 5.91 Å². The lowest BCUT2D eigenvalue weighted by Gasteiger charge is -2.17. The van der Waals surface area contributed by atoms with Gasteiger partial charge in [0.15, 0.2) is 5.65 Å². The van der Waals surface area contributed by atoms with Crippen LogP contribution >= 0.6 is 0 Å². The van der Waals surface area contributed by atoms with Gasteiger partial charge in [0.05, 0.1) is 19.0 Å². The lowest BCUT2D eigenvalue weighted by Crippen LogP contribution is -2.30. The van der Waals surface area contributed by atoms with E-state index in [1.807, 2.05) is 44.2 Å². The minimum Gasteiger partial charge on any atom is -0.497 e. The number of benzene rings is 1. The predicted octanol–water partition coefficient (Wildman–Crippen LogP) is 2.89. The first kappa shape index (κ1) is 16.0. The molecule has 124 valence electrons. The maximum absolute atomic E-state index is 12.6. The van der Waals surface area contributed by atoms with Crippen LogP contribution in [0.3, 0.4) is 0 Å². The first-order chi connectivity index (χ1) is 11.7. The molecule has 0 saturated heterocycles. The molecule has 0 spiro atoms. The SMILES string of the molecule is CCN(CC)C(=O)c1cnn2c(-c3cccc(OC)c3)ccnc12. The Morgan fingerprint density at radius 3 is 2.75 bits per heavy atom. The van der Waals surface area contributed by atoms with Crippen molar-refractivity contribution in [1.82, 2.24) is 19.5 Å². The van der Waals surface area contributed by atoms with Crippen LogP contribution in [0.2, 0.25) is 0 Å². The molecule has 2 aromatic heterocycles. The van der Waals surface area contributed by atoms with Gasteiger partial charge in [0.1, 0.15) is 11.3 Å². The molecule has 6 heteroatoms. The largest absolute Gasteiger partial charge is 0.497 e. The fourth-order valence-electron chi connectivity index (χ4n) is 2.72. The first-order valence-electron chi connectivity index (χ1n) is 7.96. The number of carbonyl (C=O) groups is 1. The van der Waals surface area contributed by atoms with Crippen LogP contribution in [0.25, 0.3) is 16.9 Å². The van der Waals surface area contributed by atoms with E-state index in [1.165, 1.54) is 0 Å². The molecule has 6 nitrogen and oxygen atoms in total. The number of methoxy groups -OCH3 is 1. The molecule has 0 N–H and O–H groups in total. The van der Waals surface area contributed by atoms with Gasteiger partial charge in [-0.3, -0.25) is 4.79 Å². The number of nitrogens with zero attached hydrogens (tertiary/aromatic N) is 4. The van der Waals surface area contributed by atoms with E-state index in [4.69, 9.17) is 4.74 Å². The summed E-state index contributed by atoms with van der Waals surface area (Å²) in [6, 6.07) is 9.60. The van der Waals surface area contributed by atoms with Crippen LogP contribution in [-0.4, -0.2) is 45.6 Å². The van der Waals surface area contributed by atoms with Crippen LogP contribution < -0.4 is 4.74 Å². The Hall–Kier alpha value is -2.89. The monoisotopic (exact) mass is 324 g/mol. The minimum atomic E-state index is -0.0507. The van der Waals surface area contributed by atoms with Gasteiger partial charge in [-0.15, -0.1) is 0 Å². The normalized spacial score (nSPS) is 10.8. The topological polar surface area (TPSA) is 59.7 Å². The zero-order valence-corrected chi connectivity index (χ0v) is 14.1. The summed E-state index contributed by atoms with van der Waals surface area (Å²) < 4.78 is 6.99. The van der Waals surface area contributed by atoms with Gasteiger partial charge in [-0.05, 0) is 32.0 Å². The van der Waals surface area contributed by atoms with Gasteiger partial charge in [-0.25, -0.2) is 9.50 Å². The highest BCUT2D eigenvalue weighted by Crippen LogP contribution is 2.25. The van der Waals surface area contributed by atoms with E-state index < -0.39 is 0 Å². The highest BCUT2D eigenvalue weighted by atomic mass is 16.5. The number of amides is 1. The Bertz CT molecular complexity index is 868. The summed E-state index contributed by atoms with van der Waals surface area (Å²) in [6.07, 6.45) is 3.29. The second-order valence-electron chi connectivity index (χ2n) is 5.33. The molecule has 0 saturated carbocycles. The molecule has 0 aliphatic rings. The summed E-state index contributed by atoms with van der Waals surface area (Å²) in [5.74, 6) is 0.717. The number of ether oxygens (including phenoxy) is 1. The second-order valence-corrected chi connectivity index (χ2v) is 5.33. The molecule has 24 heavy (non-hydrogen) atoms. The standard InChI is InChI=1S/C18H20N4O2/c1-4-21(5-2)18(23)15-12-20-22-16(9-10-19-17(15)22)13-7-6-8-14(11-13)24-3/h6-12H,4-5H2,1-3H3. The van der Waals surface area contributed by atoms with Crippen molar-refractivity contribution in [3.63, 3.8) is 0 Å². The third kappa shape index (κ3) is 2.71. The number of rotatable bonds is 5. The molecule has 2 heterocycles. The number of fused-ring (bicyclic) bond motifs is 1. The summed E-state index contributed by atoms with van der Waals surface area (Å²) in [7, 11) is 1.63. The number of aromatic nitrogens is 3. The maximum atomic E-state index is 12.6. The smallest absolute Gasteiger partial charge is 0.259 e. The lowest BCUT2D eigenvalue weighted by atomic mass is 10.1. The third-order valence-corrected chi connectivity index (χ3v) is 4.05. The van der Waals surface area contributed by atoms with Crippen molar-refractivity contribution in [2.24, 2.45) is 0 Å². The van der Waals surface area contributed by atoms with Crippen molar-refractivity contribution >= 4 is 11.6 Å². The van der Waals surface area contributed by atoms with E-state index in [1.54, 1.807) is 28.9 Å². The lowest BCUT2D eigenvalue weighted by molar-refractivity contribution is 0.0774. The van der Waals surface area contributed by atoms with Crippen molar-refractivity contribution in [3.8, 4) is 17.0 Å². The van der Waals surface area contributed by atoms with E-state index >= 15 is 0 Å². The molecule has 3 rings (SSSR count). The van der Waals surface area contributed by atoms with Gasteiger partial charge in [-0.2, -0.15) is 5.10 Å². The van der Waals surface area contributed by atoms with E-state index in [0.717, 1.165) is 17.0 Å². The van der Waals surface area contributed by atoms with Gasteiger partial charge in [0, 0.05) is 24.8 Å². The molecule has 1 amide bonds.